The van der Waals surface area contributed by atoms with Gasteiger partial charge in [-0.05, 0) is 31.0 Å². The Hall–Kier alpha value is -1.63. The van der Waals surface area contributed by atoms with E-state index in [-0.39, 0.29) is 0 Å². The maximum absolute atomic E-state index is 12.3. The number of nitrogens with zero attached hydrogens (tertiary/aromatic N) is 1. The summed E-state index contributed by atoms with van der Waals surface area (Å²) in [5.41, 5.74) is 2.24. The van der Waals surface area contributed by atoms with Crippen LogP contribution < -0.4 is 5.32 Å². The van der Waals surface area contributed by atoms with Crippen LogP contribution in [0.3, 0.4) is 0 Å². The number of hydrogen-bond acceptors (Lipinski definition) is 4. The van der Waals surface area contributed by atoms with Crippen molar-refractivity contribution in [2.45, 2.75) is 13.8 Å². The first-order valence-electron chi connectivity index (χ1n) is 7.25. The highest BCUT2D eigenvalue weighted by molar-refractivity contribution is 6.41. The van der Waals surface area contributed by atoms with Crippen molar-refractivity contribution in [1.82, 2.24) is 4.90 Å². The first kappa shape index (κ1) is 19.4. The molecule has 6 nitrogen and oxygen atoms in total. The van der Waals surface area contributed by atoms with E-state index in [2.05, 4.69) is 5.32 Å². The van der Waals surface area contributed by atoms with Crippen molar-refractivity contribution in [2.24, 2.45) is 0 Å². The highest BCUT2D eigenvalue weighted by atomic mass is 35.5. The van der Waals surface area contributed by atoms with Crippen molar-refractivity contribution in [3.8, 4) is 0 Å². The van der Waals surface area contributed by atoms with Crippen LogP contribution >= 0.6 is 11.6 Å². The number of halogens is 1. The smallest absolute Gasteiger partial charge is 0.313 e. The molecule has 0 fully saturated rings. The molecular weight excluding hydrogens is 320 g/mol. The first-order chi connectivity index (χ1) is 10.9. The van der Waals surface area contributed by atoms with Crippen LogP contribution in [0.15, 0.2) is 12.1 Å². The van der Waals surface area contributed by atoms with Gasteiger partial charge in [0, 0.05) is 27.3 Å². The zero-order valence-electron chi connectivity index (χ0n) is 13.9. The molecule has 0 atom stereocenters. The number of methoxy groups -OCH3 is 2. The Morgan fingerprint density at radius 2 is 1.70 bits per heavy atom. The molecule has 2 amide bonds. The molecule has 1 aromatic rings. The van der Waals surface area contributed by atoms with E-state index in [1.807, 2.05) is 19.9 Å². The normalized spacial score (nSPS) is 10.5. The molecule has 128 valence electrons. The van der Waals surface area contributed by atoms with E-state index < -0.39 is 11.8 Å². The fourth-order valence-electron chi connectivity index (χ4n) is 2.10. The number of aryl methyl sites for hydroxylation is 2. The SMILES string of the molecule is COCCN(CCOC)C(=O)C(=O)Nc1c(C)cc(C)cc1Cl. The molecule has 0 bridgehead atoms. The Bertz CT molecular complexity index is 532. The number of hydrogen-bond donors (Lipinski definition) is 1. The van der Waals surface area contributed by atoms with Gasteiger partial charge in [-0.1, -0.05) is 17.7 Å². The molecule has 0 saturated heterocycles. The van der Waals surface area contributed by atoms with E-state index in [0.29, 0.717) is 37.0 Å². The van der Waals surface area contributed by atoms with Crippen molar-refractivity contribution in [1.29, 1.82) is 0 Å². The second-order valence-corrected chi connectivity index (χ2v) is 5.58. The zero-order chi connectivity index (χ0) is 17.4. The minimum Gasteiger partial charge on any atom is -0.383 e. The maximum Gasteiger partial charge on any atom is 0.313 e. The number of carbonyl (C=O) groups is 2. The molecule has 1 N–H and O–H groups in total. The Balaban J connectivity index is 2.83. The second-order valence-electron chi connectivity index (χ2n) is 5.17. The second kappa shape index (κ2) is 9.50. The van der Waals surface area contributed by atoms with E-state index in [9.17, 15) is 9.59 Å². The van der Waals surface area contributed by atoms with Gasteiger partial charge in [0.25, 0.3) is 0 Å². The Morgan fingerprint density at radius 3 is 2.17 bits per heavy atom. The topological polar surface area (TPSA) is 67.9 Å². The minimum atomic E-state index is -0.731. The average Bonchev–Trinajstić information content (AvgIpc) is 2.50. The molecule has 0 aliphatic rings. The quantitative estimate of drug-likeness (QED) is 0.770. The van der Waals surface area contributed by atoms with E-state index in [4.69, 9.17) is 21.1 Å². The molecule has 0 unspecified atom stereocenters. The predicted molar refractivity (Wildman–Crippen MR) is 89.9 cm³/mol. The summed E-state index contributed by atoms with van der Waals surface area (Å²) in [6, 6.07) is 3.63. The average molecular weight is 343 g/mol. The number of rotatable bonds is 7. The summed E-state index contributed by atoms with van der Waals surface area (Å²) in [5.74, 6) is -1.37. The van der Waals surface area contributed by atoms with Gasteiger partial charge in [-0.15, -0.1) is 0 Å². The Morgan fingerprint density at radius 1 is 1.13 bits per heavy atom. The van der Waals surface area contributed by atoms with Crippen LogP contribution in [-0.4, -0.2) is 57.2 Å². The van der Waals surface area contributed by atoms with Crippen molar-refractivity contribution < 1.29 is 19.1 Å². The highest BCUT2D eigenvalue weighted by Gasteiger charge is 2.22. The Kier molecular flexibility index (Phi) is 8.02. The summed E-state index contributed by atoms with van der Waals surface area (Å²) in [5, 5.41) is 3.00. The van der Waals surface area contributed by atoms with Crippen molar-refractivity contribution in [2.75, 3.05) is 45.8 Å². The first-order valence-corrected chi connectivity index (χ1v) is 7.63. The number of ether oxygens (including phenoxy) is 2. The lowest BCUT2D eigenvalue weighted by Crippen LogP contribution is -2.43. The fourth-order valence-corrected chi connectivity index (χ4v) is 2.47. The van der Waals surface area contributed by atoms with E-state index >= 15 is 0 Å². The van der Waals surface area contributed by atoms with Crippen LogP contribution in [0.4, 0.5) is 5.69 Å². The van der Waals surface area contributed by atoms with Gasteiger partial charge in [0.1, 0.15) is 0 Å². The lowest BCUT2D eigenvalue weighted by molar-refractivity contribution is -0.144. The van der Waals surface area contributed by atoms with Crippen molar-refractivity contribution in [3.05, 3.63) is 28.3 Å². The molecule has 1 rings (SSSR count). The Labute approximate surface area is 141 Å². The van der Waals surface area contributed by atoms with Crippen LogP contribution in [0.2, 0.25) is 5.02 Å². The van der Waals surface area contributed by atoms with Gasteiger partial charge in [-0.2, -0.15) is 0 Å². The molecule has 0 heterocycles. The van der Waals surface area contributed by atoms with Crippen LogP contribution in [0.1, 0.15) is 11.1 Å². The molecular formula is C16H23ClN2O4. The largest absolute Gasteiger partial charge is 0.383 e. The summed E-state index contributed by atoms with van der Waals surface area (Å²) < 4.78 is 9.93. The molecule has 23 heavy (non-hydrogen) atoms. The molecule has 0 radical (unpaired) electrons. The molecule has 0 saturated carbocycles. The van der Waals surface area contributed by atoms with E-state index in [1.54, 1.807) is 6.07 Å². The molecule has 0 spiro atoms. The van der Waals surface area contributed by atoms with Gasteiger partial charge in [0.2, 0.25) is 0 Å². The fraction of sp³-hybridized carbons (Fsp3) is 0.500. The van der Waals surface area contributed by atoms with Gasteiger partial charge >= 0.3 is 11.8 Å². The molecule has 0 aliphatic heterocycles. The van der Waals surface area contributed by atoms with Crippen molar-refractivity contribution in [3.63, 3.8) is 0 Å². The standard InChI is InChI=1S/C16H23ClN2O4/c1-11-9-12(2)14(13(17)10-11)18-15(20)16(21)19(5-7-22-3)6-8-23-4/h9-10H,5-8H2,1-4H3,(H,18,20). The summed E-state index contributed by atoms with van der Waals surface area (Å²) in [6.07, 6.45) is 0. The van der Waals surface area contributed by atoms with Gasteiger partial charge in [0.15, 0.2) is 0 Å². The lowest BCUT2D eigenvalue weighted by Gasteiger charge is -2.21. The number of carbonyl (C=O) groups excluding carboxylic acids is 2. The third-order valence-corrected chi connectivity index (χ3v) is 3.58. The van der Waals surface area contributed by atoms with E-state index in [1.165, 1.54) is 19.1 Å². The summed E-state index contributed by atoms with van der Waals surface area (Å²) in [7, 11) is 3.07. The zero-order valence-corrected chi connectivity index (χ0v) is 14.7. The summed E-state index contributed by atoms with van der Waals surface area (Å²) in [4.78, 5) is 25.9. The molecule has 0 aromatic heterocycles. The summed E-state index contributed by atoms with van der Waals surface area (Å²) >= 11 is 6.15. The van der Waals surface area contributed by atoms with E-state index in [0.717, 1.165) is 11.1 Å². The van der Waals surface area contributed by atoms with Crippen LogP contribution in [0.5, 0.6) is 0 Å². The molecule has 1 aromatic carbocycles. The lowest BCUT2D eigenvalue weighted by atomic mass is 10.1. The van der Waals surface area contributed by atoms with Crippen LogP contribution in [-0.2, 0) is 19.1 Å². The molecule has 7 heteroatoms. The number of nitrogens with one attached hydrogen (secondary N) is 1. The monoisotopic (exact) mass is 342 g/mol. The van der Waals surface area contributed by atoms with Gasteiger partial charge < -0.3 is 19.7 Å². The maximum atomic E-state index is 12.3. The predicted octanol–water partition coefficient (Wildman–Crippen LogP) is 2.02. The van der Waals surface area contributed by atoms with Gasteiger partial charge in [-0.25, -0.2) is 0 Å². The number of amides is 2. The number of benzene rings is 1. The van der Waals surface area contributed by atoms with Crippen LogP contribution in [0.25, 0.3) is 0 Å². The molecule has 0 aliphatic carbocycles. The van der Waals surface area contributed by atoms with Crippen molar-refractivity contribution >= 4 is 29.1 Å². The third-order valence-electron chi connectivity index (χ3n) is 3.28. The summed E-state index contributed by atoms with van der Waals surface area (Å²) in [6.45, 7) is 5.04. The van der Waals surface area contributed by atoms with Gasteiger partial charge in [-0.3, -0.25) is 9.59 Å². The number of anilines is 1. The highest BCUT2D eigenvalue weighted by Crippen LogP contribution is 2.27. The van der Waals surface area contributed by atoms with Crippen LogP contribution in [0, 0.1) is 13.8 Å². The third kappa shape index (κ3) is 5.82. The van der Waals surface area contributed by atoms with Gasteiger partial charge in [0.05, 0.1) is 23.9 Å². The minimum absolute atomic E-state index is 0.312.